The fraction of sp³-hybridized carbons (Fsp3) is 0.462. The van der Waals surface area contributed by atoms with Crippen molar-refractivity contribution in [3.05, 3.63) is 35.6 Å². The van der Waals surface area contributed by atoms with Gasteiger partial charge in [0.25, 0.3) is 0 Å². The van der Waals surface area contributed by atoms with Gasteiger partial charge in [0, 0.05) is 18.5 Å². The summed E-state index contributed by atoms with van der Waals surface area (Å²) in [5, 5.41) is 11.9. The van der Waals surface area contributed by atoms with Crippen LogP contribution in [0.5, 0.6) is 0 Å². The molecule has 4 N–H and O–H groups in total. The summed E-state index contributed by atoms with van der Waals surface area (Å²) >= 11 is 0. The summed E-state index contributed by atoms with van der Waals surface area (Å²) in [7, 11) is 0. The Kier molecular flexibility index (Phi) is 4.81. The van der Waals surface area contributed by atoms with Gasteiger partial charge in [-0.15, -0.1) is 0 Å². The molecule has 1 rings (SSSR count). The van der Waals surface area contributed by atoms with Crippen LogP contribution in [-0.2, 0) is 10.2 Å². The van der Waals surface area contributed by atoms with Crippen molar-refractivity contribution in [1.82, 2.24) is 5.32 Å². The van der Waals surface area contributed by atoms with Crippen molar-refractivity contribution in [2.75, 3.05) is 13.1 Å². The first-order valence-electron chi connectivity index (χ1n) is 5.78. The number of hydrogen-bond acceptors (Lipinski definition) is 3. The van der Waals surface area contributed by atoms with Gasteiger partial charge < -0.3 is 16.2 Å². The van der Waals surface area contributed by atoms with E-state index >= 15 is 0 Å². The molecule has 5 heteroatoms. The number of carbonyl (C=O) groups excluding carboxylic acids is 1. The highest BCUT2D eigenvalue weighted by Crippen LogP contribution is 2.22. The second kappa shape index (κ2) is 5.93. The van der Waals surface area contributed by atoms with Gasteiger partial charge in [-0.2, -0.15) is 0 Å². The number of benzene rings is 1. The smallest absolute Gasteiger partial charge is 0.250 e. The van der Waals surface area contributed by atoms with Crippen molar-refractivity contribution >= 4 is 5.91 Å². The molecule has 0 aliphatic rings. The molecule has 4 nitrogen and oxygen atoms in total. The molecule has 100 valence electrons. The minimum absolute atomic E-state index is 0.108. The van der Waals surface area contributed by atoms with Crippen LogP contribution in [0.2, 0.25) is 0 Å². The number of aliphatic hydroxyl groups excluding tert-OH is 1. The quantitative estimate of drug-likeness (QED) is 0.718. The minimum atomic E-state index is -1.19. The number of nitrogens with one attached hydrogen (secondary N) is 1. The first-order valence-corrected chi connectivity index (χ1v) is 5.78. The molecule has 1 unspecified atom stereocenters. The summed E-state index contributed by atoms with van der Waals surface area (Å²) in [6, 6.07) is 6.13. The molecule has 0 heterocycles. The van der Waals surface area contributed by atoms with Gasteiger partial charge in [-0.05, 0) is 17.7 Å². The Balaban J connectivity index is 2.65. The van der Waals surface area contributed by atoms with Crippen molar-refractivity contribution in [3.8, 4) is 0 Å². The largest absolute Gasteiger partial charge is 0.382 e. The Hall–Kier alpha value is -1.46. The molecular weight excluding hydrogens is 235 g/mol. The highest BCUT2D eigenvalue weighted by Gasteiger charge is 2.23. The summed E-state index contributed by atoms with van der Waals surface area (Å²) in [4.78, 5) is 11.4. The number of carbonyl (C=O) groups is 1. The van der Waals surface area contributed by atoms with E-state index in [4.69, 9.17) is 5.73 Å². The summed E-state index contributed by atoms with van der Waals surface area (Å²) < 4.78 is 12.8. The lowest BCUT2D eigenvalue weighted by atomic mass is 9.84. The van der Waals surface area contributed by atoms with E-state index in [-0.39, 0.29) is 17.8 Å². The van der Waals surface area contributed by atoms with E-state index in [1.807, 2.05) is 13.8 Å². The van der Waals surface area contributed by atoms with Gasteiger partial charge in [0.15, 0.2) is 0 Å². The van der Waals surface area contributed by atoms with Crippen molar-refractivity contribution in [2.45, 2.75) is 25.4 Å². The molecule has 0 spiro atoms. The van der Waals surface area contributed by atoms with Crippen LogP contribution in [0, 0.1) is 5.82 Å². The van der Waals surface area contributed by atoms with Crippen molar-refractivity contribution in [3.63, 3.8) is 0 Å². The maximum Gasteiger partial charge on any atom is 0.250 e. The zero-order valence-electron chi connectivity index (χ0n) is 10.6. The van der Waals surface area contributed by atoms with Gasteiger partial charge in [-0.3, -0.25) is 4.79 Å². The van der Waals surface area contributed by atoms with Crippen LogP contribution >= 0.6 is 0 Å². The molecule has 1 aromatic carbocycles. The second-order valence-electron chi connectivity index (χ2n) is 4.86. The Labute approximate surface area is 106 Å². The first kappa shape index (κ1) is 14.6. The lowest BCUT2D eigenvalue weighted by molar-refractivity contribution is -0.129. The van der Waals surface area contributed by atoms with Crippen LogP contribution in [-0.4, -0.2) is 30.2 Å². The molecule has 1 amide bonds. The standard InChI is InChI=1S/C13H19FN2O2/c1-13(2,8-16-12(18)11(17)7-15)9-3-5-10(14)6-4-9/h3-6,11,17H,7-8,15H2,1-2H3,(H,16,18). The predicted molar refractivity (Wildman–Crippen MR) is 67.5 cm³/mol. The molecule has 0 aromatic heterocycles. The zero-order chi connectivity index (χ0) is 13.8. The van der Waals surface area contributed by atoms with Crippen molar-refractivity contribution in [1.29, 1.82) is 0 Å². The molecular formula is C13H19FN2O2. The number of amides is 1. The van der Waals surface area contributed by atoms with Crippen molar-refractivity contribution < 1.29 is 14.3 Å². The number of aliphatic hydroxyl groups is 1. The normalized spacial score (nSPS) is 13.2. The van der Waals surface area contributed by atoms with Crippen molar-refractivity contribution in [2.24, 2.45) is 5.73 Å². The molecule has 0 saturated carbocycles. The molecule has 0 saturated heterocycles. The lowest BCUT2D eigenvalue weighted by Gasteiger charge is -2.26. The second-order valence-corrected chi connectivity index (χ2v) is 4.86. The summed E-state index contributed by atoms with van der Waals surface area (Å²) in [6.07, 6.45) is -1.19. The Morgan fingerprint density at radius 1 is 1.44 bits per heavy atom. The number of hydrogen-bond donors (Lipinski definition) is 3. The molecule has 0 fully saturated rings. The average molecular weight is 254 g/mol. The fourth-order valence-electron chi connectivity index (χ4n) is 1.54. The highest BCUT2D eigenvalue weighted by atomic mass is 19.1. The molecule has 0 aliphatic carbocycles. The number of nitrogens with two attached hydrogens (primary N) is 1. The monoisotopic (exact) mass is 254 g/mol. The van der Waals surface area contributed by atoms with Gasteiger partial charge in [0.2, 0.25) is 5.91 Å². The third-order valence-corrected chi connectivity index (χ3v) is 2.86. The minimum Gasteiger partial charge on any atom is -0.382 e. The third kappa shape index (κ3) is 3.78. The van der Waals surface area contributed by atoms with Gasteiger partial charge in [0.05, 0.1) is 0 Å². The van der Waals surface area contributed by atoms with E-state index in [1.54, 1.807) is 12.1 Å². The maximum absolute atomic E-state index is 12.8. The van der Waals surface area contributed by atoms with Crippen LogP contribution in [0.25, 0.3) is 0 Å². The summed E-state index contributed by atoms with van der Waals surface area (Å²) in [6.45, 7) is 4.09. The van der Waals surface area contributed by atoms with Gasteiger partial charge in [-0.25, -0.2) is 4.39 Å². The van der Waals surface area contributed by atoms with Crippen LogP contribution in [0.1, 0.15) is 19.4 Å². The molecule has 0 radical (unpaired) electrons. The topological polar surface area (TPSA) is 75.3 Å². The van der Waals surface area contributed by atoms with E-state index in [2.05, 4.69) is 5.32 Å². The SMILES string of the molecule is CC(C)(CNC(=O)C(O)CN)c1ccc(F)cc1. The molecule has 18 heavy (non-hydrogen) atoms. The first-order chi connectivity index (χ1) is 8.36. The molecule has 0 aliphatic heterocycles. The highest BCUT2D eigenvalue weighted by molar-refractivity contribution is 5.80. The zero-order valence-corrected chi connectivity index (χ0v) is 10.6. The van der Waals surface area contributed by atoms with Crippen LogP contribution < -0.4 is 11.1 Å². The van der Waals surface area contributed by atoms with Gasteiger partial charge in [-0.1, -0.05) is 26.0 Å². The van der Waals surface area contributed by atoms with Gasteiger partial charge in [0.1, 0.15) is 11.9 Å². The van der Waals surface area contributed by atoms with Crippen LogP contribution in [0.15, 0.2) is 24.3 Å². The van der Waals surface area contributed by atoms with E-state index in [1.165, 1.54) is 12.1 Å². The number of rotatable bonds is 5. The summed E-state index contributed by atoms with van der Waals surface area (Å²) in [5.41, 5.74) is 5.75. The maximum atomic E-state index is 12.8. The Morgan fingerprint density at radius 3 is 2.50 bits per heavy atom. The van der Waals surface area contributed by atoms with E-state index in [0.717, 1.165) is 5.56 Å². The average Bonchev–Trinajstić information content (AvgIpc) is 2.35. The fourth-order valence-corrected chi connectivity index (χ4v) is 1.54. The molecule has 1 atom stereocenters. The lowest BCUT2D eigenvalue weighted by Crippen LogP contribution is -2.44. The number of halogens is 1. The van der Waals surface area contributed by atoms with Crippen LogP contribution in [0.4, 0.5) is 4.39 Å². The third-order valence-electron chi connectivity index (χ3n) is 2.86. The Morgan fingerprint density at radius 2 is 2.00 bits per heavy atom. The van der Waals surface area contributed by atoms with Crippen LogP contribution in [0.3, 0.4) is 0 Å². The predicted octanol–water partition coefficient (Wildman–Crippen LogP) is 0.539. The Bertz CT molecular complexity index is 404. The van der Waals surface area contributed by atoms with E-state index in [9.17, 15) is 14.3 Å². The molecule has 0 bridgehead atoms. The molecule has 1 aromatic rings. The summed E-state index contributed by atoms with van der Waals surface area (Å²) in [5.74, 6) is -0.787. The van der Waals surface area contributed by atoms with Gasteiger partial charge >= 0.3 is 0 Å². The van der Waals surface area contributed by atoms with E-state index < -0.39 is 12.0 Å². The van der Waals surface area contributed by atoms with E-state index in [0.29, 0.717) is 6.54 Å².